The van der Waals surface area contributed by atoms with Crippen LogP contribution in [-0.2, 0) is 0 Å². The summed E-state index contributed by atoms with van der Waals surface area (Å²) in [5.41, 5.74) is 0. The van der Waals surface area contributed by atoms with Gasteiger partial charge in [0, 0.05) is 23.4 Å². The van der Waals surface area contributed by atoms with Gasteiger partial charge >= 0.3 is 0 Å². The molecule has 0 aromatic carbocycles. The minimum absolute atomic E-state index is 0.554. The van der Waals surface area contributed by atoms with Gasteiger partial charge in [0.05, 0.1) is 0 Å². The second kappa shape index (κ2) is 6.82. The normalized spacial score (nSPS) is 36.3. The lowest BCUT2D eigenvalue weighted by Gasteiger charge is -2.47. The highest BCUT2D eigenvalue weighted by molar-refractivity contribution is 8.00. The minimum Gasteiger partial charge on any atom is -0.317 e. The molecule has 0 aromatic heterocycles. The van der Waals surface area contributed by atoms with Gasteiger partial charge in [-0.15, -0.1) is 0 Å². The van der Waals surface area contributed by atoms with E-state index in [9.17, 15) is 0 Å². The maximum atomic E-state index is 3.50. The van der Waals surface area contributed by atoms with Crippen LogP contribution in [0.3, 0.4) is 0 Å². The Bertz CT molecular complexity index is 276. The molecule has 1 saturated heterocycles. The Labute approximate surface area is 124 Å². The molecule has 0 spiro atoms. The summed E-state index contributed by atoms with van der Waals surface area (Å²) in [7, 11) is 2.12. The third-order valence-corrected chi connectivity index (χ3v) is 7.16. The number of likely N-dealkylation sites (tertiary alicyclic amines) is 1. The van der Waals surface area contributed by atoms with E-state index in [1.165, 1.54) is 51.6 Å². The molecule has 1 saturated carbocycles. The van der Waals surface area contributed by atoms with Gasteiger partial charge < -0.3 is 5.32 Å². The molecule has 1 aliphatic carbocycles. The number of nitrogens with zero attached hydrogens (tertiary/aromatic N) is 1. The second-order valence-electron chi connectivity index (χ2n) is 6.70. The van der Waals surface area contributed by atoms with E-state index in [1.54, 1.807) is 0 Å². The second-order valence-corrected chi connectivity index (χ2v) is 7.98. The SMILES string of the molecule is CNC1CCN(CC2(SC)CCCCC2)C(C)C1C. The highest BCUT2D eigenvalue weighted by atomic mass is 32.2. The van der Waals surface area contributed by atoms with E-state index >= 15 is 0 Å². The third-order valence-electron chi connectivity index (χ3n) is 5.76. The number of piperidine rings is 1. The standard InChI is InChI=1S/C16H32N2S/c1-13-14(2)18(11-8-15(13)17-3)12-16(19-4)9-6-5-7-10-16/h13-15,17H,5-12H2,1-4H3. The van der Waals surface area contributed by atoms with E-state index in [4.69, 9.17) is 0 Å². The number of thioether (sulfide) groups is 1. The Morgan fingerprint density at radius 3 is 2.47 bits per heavy atom. The monoisotopic (exact) mass is 284 g/mol. The lowest BCUT2D eigenvalue weighted by molar-refractivity contribution is 0.0729. The first kappa shape index (κ1) is 15.7. The van der Waals surface area contributed by atoms with Crippen LogP contribution < -0.4 is 5.32 Å². The van der Waals surface area contributed by atoms with Gasteiger partial charge in [-0.05, 0) is 52.0 Å². The van der Waals surface area contributed by atoms with Crippen LogP contribution in [0.15, 0.2) is 0 Å². The minimum atomic E-state index is 0.554. The van der Waals surface area contributed by atoms with Crippen molar-refractivity contribution in [3.8, 4) is 0 Å². The summed E-state index contributed by atoms with van der Waals surface area (Å²) in [6.45, 7) is 7.45. The van der Waals surface area contributed by atoms with Gasteiger partial charge in [0.25, 0.3) is 0 Å². The molecule has 1 heterocycles. The van der Waals surface area contributed by atoms with Gasteiger partial charge in [0.15, 0.2) is 0 Å². The van der Waals surface area contributed by atoms with Crippen LogP contribution in [0.5, 0.6) is 0 Å². The summed E-state index contributed by atoms with van der Waals surface area (Å²) in [5, 5.41) is 3.50. The molecule has 0 radical (unpaired) electrons. The Balaban J connectivity index is 1.98. The molecule has 0 bridgehead atoms. The molecule has 2 aliphatic rings. The molecular weight excluding hydrogens is 252 g/mol. The first-order chi connectivity index (χ1) is 9.12. The van der Waals surface area contributed by atoms with Gasteiger partial charge in [-0.1, -0.05) is 26.2 Å². The highest BCUT2D eigenvalue weighted by Gasteiger charge is 2.38. The largest absolute Gasteiger partial charge is 0.317 e. The average molecular weight is 285 g/mol. The number of hydrogen-bond donors (Lipinski definition) is 1. The molecular formula is C16H32N2S. The van der Waals surface area contributed by atoms with Crippen LogP contribution in [-0.4, -0.2) is 48.1 Å². The van der Waals surface area contributed by atoms with Crippen molar-refractivity contribution in [3.05, 3.63) is 0 Å². The predicted molar refractivity (Wildman–Crippen MR) is 87.0 cm³/mol. The van der Waals surface area contributed by atoms with Crippen molar-refractivity contribution in [3.63, 3.8) is 0 Å². The summed E-state index contributed by atoms with van der Waals surface area (Å²) >= 11 is 2.14. The summed E-state index contributed by atoms with van der Waals surface area (Å²) < 4.78 is 0.554. The predicted octanol–water partition coefficient (Wildman–Crippen LogP) is 3.37. The molecule has 19 heavy (non-hydrogen) atoms. The summed E-state index contributed by atoms with van der Waals surface area (Å²) in [4.78, 5) is 2.78. The molecule has 3 unspecified atom stereocenters. The Kier molecular flexibility index (Phi) is 5.62. The van der Waals surface area contributed by atoms with Crippen molar-refractivity contribution in [2.45, 2.75) is 69.2 Å². The summed E-state index contributed by atoms with van der Waals surface area (Å²) in [6.07, 6.45) is 10.8. The molecule has 0 amide bonds. The molecule has 3 heteroatoms. The maximum Gasteiger partial charge on any atom is 0.0284 e. The fraction of sp³-hybridized carbons (Fsp3) is 1.00. The fourth-order valence-electron chi connectivity index (χ4n) is 4.06. The fourth-order valence-corrected chi connectivity index (χ4v) is 5.06. The molecule has 112 valence electrons. The first-order valence-corrected chi connectivity index (χ1v) is 9.31. The van der Waals surface area contributed by atoms with Crippen molar-refractivity contribution >= 4 is 11.8 Å². The van der Waals surface area contributed by atoms with E-state index in [0.29, 0.717) is 10.8 Å². The highest BCUT2D eigenvalue weighted by Crippen LogP contribution is 2.40. The molecule has 1 aliphatic heterocycles. The average Bonchev–Trinajstić information content (AvgIpc) is 2.45. The number of hydrogen-bond acceptors (Lipinski definition) is 3. The lowest BCUT2D eigenvalue weighted by Crippen LogP contribution is -2.56. The molecule has 3 atom stereocenters. The van der Waals surface area contributed by atoms with Crippen LogP contribution in [0, 0.1) is 5.92 Å². The number of nitrogens with one attached hydrogen (secondary N) is 1. The van der Waals surface area contributed by atoms with Crippen molar-refractivity contribution in [2.24, 2.45) is 5.92 Å². The summed E-state index contributed by atoms with van der Waals surface area (Å²) in [5.74, 6) is 0.765. The van der Waals surface area contributed by atoms with Crippen LogP contribution in [0.25, 0.3) is 0 Å². The van der Waals surface area contributed by atoms with Crippen molar-refractivity contribution in [1.82, 2.24) is 10.2 Å². The molecule has 2 nitrogen and oxygen atoms in total. The molecule has 2 fully saturated rings. The van der Waals surface area contributed by atoms with Crippen LogP contribution in [0.4, 0.5) is 0 Å². The molecule has 1 N–H and O–H groups in total. The zero-order valence-electron chi connectivity index (χ0n) is 13.2. The van der Waals surface area contributed by atoms with Gasteiger partial charge in [-0.2, -0.15) is 11.8 Å². The van der Waals surface area contributed by atoms with Crippen molar-refractivity contribution in [2.75, 3.05) is 26.4 Å². The van der Waals surface area contributed by atoms with Crippen molar-refractivity contribution < 1.29 is 0 Å². The van der Waals surface area contributed by atoms with Crippen LogP contribution in [0.1, 0.15) is 52.4 Å². The maximum absolute atomic E-state index is 3.50. The number of rotatable bonds is 4. The zero-order valence-corrected chi connectivity index (χ0v) is 14.1. The van der Waals surface area contributed by atoms with Gasteiger partial charge in [0.2, 0.25) is 0 Å². The van der Waals surface area contributed by atoms with Crippen LogP contribution in [0.2, 0.25) is 0 Å². The first-order valence-electron chi connectivity index (χ1n) is 8.08. The topological polar surface area (TPSA) is 15.3 Å². The zero-order chi connectivity index (χ0) is 13.9. The third kappa shape index (κ3) is 3.48. The molecule has 0 aromatic rings. The quantitative estimate of drug-likeness (QED) is 0.852. The Morgan fingerprint density at radius 1 is 1.21 bits per heavy atom. The molecule has 2 rings (SSSR count). The van der Waals surface area contributed by atoms with E-state index in [0.717, 1.165) is 12.0 Å². The van der Waals surface area contributed by atoms with Gasteiger partial charge in [0.1, 0.15) is 0 Å². The Hall–Kier alpha value is 0.270. The van der Waals surface area contributed by atoms with Gasteiger partial charge in [-0.3, -0.25) is 4.90 Å². The Morgan fingerprint density at radius 2 is 1.89 bits per heavy atom. The lowest BCUT2D eigenvalue weighted by atomic mass is 9.83. The van der Waals surface area contributed by atoms with E-state index in [-0.39, 0.29) is 0 Å². The van der Waals surface area contributed by atoms with Crippen LogP contribution >= 0.6 is 11.8 Å². The van der Waals surface area contributed by atoms with Crippen molar-refractivity contribution in [1.29, 1.82) is 0 Å². The smallest absolute Gasteiger partial charge is 0.0284 e. The van der Waals surface area contributed by atoms with E-state index in [2.05, 4.69) is 49.1 Å². The van der Waals surface area contributed by atoms with E-state index < -0.39 is 0 Å². The van der Waals surface area contributed by atoms with E-state index in [1.807, 2.05) is 0 Å². The summed E-state index contributed by atoms with van der Waals surface area (Å²) in [6, 6.07) is 1.43. The van der Waals surface area contributed by atoms with Gasteiger partial charge in [-0.25, -0.2) is 0 Å².